The van der Waals surface area contributed by atoms with E-state index in [1.807, 2.05) is 48.5 Å². The molecule has 0 aliphatic rings. The van der Waals surface area contributed by atoms with Crippen LogP contribution in [-0.2, 0) is 4.79 Å². The molecule has 0 saturated heterocycles. The summed E-state index contributed by atoms with van der Waals surface area (Å²) in [6.07, 6.45) is 2.72. The molecule has 2 aromatic carbocycles. The maximum atomic E-state index is 11.7. The molecule has 22 heavy (non-hydrogen) atoms. The fourth-order valence-corrected chi connectivity index (χ4v) is 1.97. The normalized spacial score (nSPS) is 10.0. The molecule has 0 aromatic heterocycles. The van der Waals surface area contributed by atoms with Crippen LogP contribution in [0.1, 0.15) is 25.7 Å². The number of hydrogen-bond donors (Lipinski definition) is 0. The van der Waals surface area contributed by atoms with E-state index in [0.29, 0.717) is 17.9 Å². The van der Waals surface area contributed by atoms with Crippen LogP contribution in [0.25, 0.3) is 0 Å². The van der Waals surface area contributed by atoms with Gasteiger partial charge in [0.25, 0.3) is 0 Å². The average Bonchev–Trinajstić information content (AvgIpc) is 2.53. The minimum absolute atomic E-state index is 0.208. The Morgan fingerprint density at radius 2 is 1.27 bits per heavy atom. The fraction of sp³-hybridized carbons (Fsp3) is 0.211. The molecule has 3 nitrogen and oxygen atoms in total. The van der Waals surface area contributed by atoms with Crippen LogP contribution >= 0.6 is 0 Å². The zero-order valence-corrected chi connectivity index (χ0v) is 12.5. The molecule has 0 aliphatic carbocycles. The van der Waals surface area contributed by atoms with Crippen LogP contribution in [0.2, 0.25) is 0 Å². The van der Waals surface area contributed by atoms with E-state index in [1.165, 1.54) is 0 Å². The third kappa shape index (κ3) is 5.83. The molecule has 2 rings (SSSR count). The second-order valence-corrected chi connectivity index (χ2v) is 4.95. The fourth-order valence-electron chi connectivity index (χ4n) is 1.97. The lowest BCUT2D eigenvalue weighted by Gasteiger charge is -2.08. The molecule has 0 N–H and O–H groups in total. The summed E-state index contributed by atoms with van der Waals surface area (Å²) in [6.45, 7) is 3.90. The summed E-state index contributed by atoms with van der Waals surface area (Å²) in [6, 6.07) is 18.7. The molecule has 2 aromatic rings. The molecular weight excluding hydrogens is 276 g/mol. The summed E-state index contributed by atoms with van der Waals surface area (Å²) in [4.78, 5) is 11.7. The van der Waals surface area contributed by atoms with Crippen molar-refractivity contribution in [2.75, 3.05) is 0 Å². The first-order valence-electron chi connectivity index (χ1n) is 7.40. The number of benzene rings is 2. The van der Waals surface area contributed by atoms with Crippen LogP contribution in [0.4, 0.5) is 0 Å². The van der Waals surface area contributed by atoms with Gasteiger partial charge in [-0.2, -0.15) is 0 Å². The van der Waals surface area contributed by atoms with E-state index in [0.717, 1.165) is 25.0 Å². The monoisotopic (exact) mass is 296 g/mol. The van der Waals surface area contributed by atoms with Gasteiger partial charge in [0.15, 0.2) is 0 Å². The summed E-state index contributed by atoms with van der Waals surface area (Å²) >= 11 is 0. The van der Waals surface area contributed by atoms with E-state index in [4.69, 9.17) is 9.47 Å². The number of ether oxygens (including phenoxy) is 2. The Balaban J connectivity index is 1.60. The Bertz CT molecular complexity index is 535. The molecule has 0 amide bonds. The van der Waals surface area contributed by atoms with Crippen molar-refractivity contribution in [3.63, 3.8) is 0 Å². The molecule has 0 heterocycles. The van der Waals surface area contributed by atoms with Crippen molar-refractivity contribution in [2.24, 2.45) is 0 Å². The van der Waals surface area contributed by atoms with Crippen molar-refractivity contribution in [2.45, 2.75) is 25.7 Å². The lowest BCUT2D eigenvalue weighted by Crippen LogP contribution is -2.07. The first-order valence-corrected chi connectivity index (χ1v) is 7.40. The maximum Gasteiger partial charge on any atom is 0.311 e. The summed E-state index contributed by atoms with van der Waals surface area (Å²) in [5.41, 5.74) is 0. The van der Waals surface area contributed by atoms with Crippen molar-refractivity contribution < 1.29 is 14.3 Å². The minimum atomic E-state index is -0.208. The quantitative estimate of drug-likeness (QED) is 0.305. The van der Waals surface area contributed by atoms with E-state index in [2.05, 4.69) is 6.58 Å². The Morgan fingerprint density at radius 1 is 0.773 bits per heavy atom. The Hall–Kier alpha value is -2.55. The Morgan fingerprint density at radius 3 is 1.86 bits per heavy atom. The number of carbonyl (C=O) groups excluding carboxylic acids is 1. The first kappa shape index (κ1) is 15.8. The highest BCUT2D eigenvalue weighted by Crippen LogP contribution is 2.16. The molecular formula is C19H20O3. The largest absolute Gasteiger partial charge is 0.462 e. The van der Waals surface area contributed by atoms with Gasteiger partial charge in [0, 0.05) is 12.8 Å². The number of allylic oxidation sites excluding steroid dienone is 1. The molecule has 0 spiro atoms. The zero-order chi connectivity index (χ0) is 15.6. The van der Waals surface area contributed by atoms with Gasteiger partial charge in [-0.15, -0.1) is 0 Å². The number of rotatable bonds is 8. The molecule has 0 atom stereocenters. The maximum absolute atomic E-state index is 11.7. The van der Waals surface area contributed by atoms with Crippen molar-refractivity contribution in [3.05, 3.63) is 73.0 Å². The van der Waals surface area contributed by atoms with Crippen molar-refractivity contribution >= 4 is 5.97 Å². The van der Waals surface area contributed by atoms with Crippen LogP contribution in [-0.4, -0.2) is 5.97 Å². The van der Waals surface area contributed by atoms with E-state index >= 15 is 0 Å². The van der Waals surface area contributed by atoms with Gasteiger partial charge in [0.2, 0.25) is 0 Å². The van der Waals surface area contributed by atoms with Crippen molar-refractivity contribution in [1.29, 1.82) is 0 Å². The summed E-state index contributed by atoms with van der Waals surface area (Å²) in [7, 11) is 0. The van der Waals surface area contributed by atoms with Crippen molar-refractivity contribution in [1.82, 2.24) is 0 Å². The molecule has 0 fully saturated rings. The van der Waals surface area contributed by atoms with Crippen LogP contribution in [0, 0.1) is 0 Å². The topological polar surface area (TPSA) is 35.5 Å². The second-order valence-electron chi connectivity index (χ2n) is 4.95. The average molecular weight is 296 g/mol. The van der Waals surface area contributed by atoms with Crippen LogP contribution in [0.3, 0.4) is 0 Å². The molecule has 3 heteroatoms. The predicted octanol–water partition coefficient (Wildman–Crippen LogP) is 4.75. The van der Waals surface area contributed by atoms with Crippen LogP contribution in [0.5, 0.6) is 11.5 Å². The third-order valence-corrected chi connectivity index (χ3v) is 3.07. The highest BCUT2D eigenvalue weighted by atomic mass is 16.5. The van der Waals surface area contributed by atoms with Gasteiger partial charge >= 0.3 is 5.97 Å². The number of para-hydroxylation sites is 2. The number of unbranched alkanes of at least 4 members (excludes halogenated alkanes) is 1. The summed E-state index contributed by atoms with van der Waals surface area (Å²) < 4.78 is 10.8. The van der Waals surface area contributed by atoms with E-state index in [1.54, 1.807) is 12.1 Å². The van der Waals surface area contributed by atoms with Crippen LogP contribution < -0.4 is 9.47 Å². The number of carbonyl (C=O) groups is 1. The minimum Gasteiger partial charge on any atom is -0.462 e. The Kier molecular flexibility index (Phi) is 6.24. The lowest BCUT2D eigenvalue weighted by atomic mass is 10.2. The molecule has 0 radical (unpaired) electrons. The van der Waals surface area contributed by atoms with Gasteiger partial charge in [-0.3, -0.25) is 4.79 Å². The van der Waals surface area contributed by atoms with Gasteiger partial charge in [0.05, 0.1) is 5.76 Å². The van der Waals surface area contributed by atoms with Gasteiger partial charge < -0.3 is 9.47 Å². The smallest absolute Gasteiger partial charge is 0.311 e. The van der Waals surface area contributed by atoms with E-state index in [-0.39, 0.29) is 5.97 Å². The van der Waals surface area contributed by atoms with Gasteiger partial charge in [-0.25, -0.2) is 0 Å². The second kappa shape index (κ2) is 8.67. The van der Waals surface area contributed by atoms with Gasteiger partial charge in [-0.05, 0) is 37.1 Å². The zero-order valence-electron chi connectivity index (χ0n) is 12.5. The lowest BCUT2D eigenvalue weighted by molar-refractivity contribution is -0.134. The summed E-state index contributed by atoms with van der Waals surface area (Å²) in [5, 5.41) is 0. The molecule has 0 saturated carbocycles. The molecule has 0 aliphatic heterocycles. The predicted molar refractivity (Wildman–Crippen MR) is 86.8 cm³/mol. The first-order chi connectivity index (χ1) is 10.7. The van der Waals surface area contributed by atoms with Crippen LogP contribution in [0.15, 0.2) is 73.0 Å². The summed E-state index contributed by atoms with van der Waals surface area (Å²) in [5.74, 6) is 1.88. The highest BCUT2D eigenvalue weighted by Gasteiger charge is 2.05. The third-order valence-electron chi connectivity index (χ3n) is 3.07. The number of esters is 1. The molecule has 0 bridgehead atoms. The SMILES string of the molecule is C=C(CCCCC(=O)Oc1ccccc1)Oc1ccccc1. The standard InChI is InChI=1S/C19H20O3/c1-16(21-17-11-4-2-5-12-17)10-8-9-15-19(20)22-18-13-6-3-7-14-18/h2-7,11-14H,1,8-10,15H2. The van der Waals surface area contributed by atoms with E-state index in [9.17, 15) is 4.79 Å². The molecule has 0 unspecified atom stereocenters. The highest BCUT2D eigenvalue weighted by molar-refractivity contribution is 5.72. The van der Waals surface area contributed by atoms with Gasteiger partial charge in [0.1, 0.15) is 11.5 Å². The van der Waals surface area contributed by atoms with E-state index < -0.39 is 0 Å². The Labute approximate surface area is 131 Å². The van der Waals surface area contributed by atoms with Gasteiger partial charge in [-0.1, -0.05) is 43.0 Å². The van der Waals surface area contributed by atoms with Crippen molar-refractivity contribution in [3.8, 4) is 11.5 Å². The molecule has 114 valence electrons. The number of hydrogen-bond acceptors (Lipinski definition) is 3.